The molecule has 7 amide bonds. The number of phosphoric acid groups is 1. The van der Waals surface area contributed by atoms with Gasteiger partial charge in [0.2, 0.25) is 41.4 Å². The van der Waals surface area contributed by atoms with Gasteiger partial charge in [0.05, 0.1) is 41.3 Å². The Hall–Kier alpha value is -6.49. The first kappa shape index (κ1) is 74.5. The van der Waals surface area contributed by atoms with Crippen molar-refractivity contribution in [3.05, 3.63) is 76.6 Å². The fourth-order valence-corrected chi connectivity index (χ4v) is 16.4. The van der Waals surface area contributed by atoms with Crippen LogP contribution in [0.5, 0.6) is 0 Å². The number of hydrogen-bond donors (Lipinski definition) is 9. The third kappa shape index (κ3) is 14.1. The number of benzene rings is 1. The van der Waals surface area contributed by atoms with Crippen LogP contribution in [0.2, 0.25) is 0 Å². The third-order valence-corrected chi connectivity index (χ3v) is 21.6. The minimum atomic E-state index is -5.32. The van der Waals surface area contributed by atoms with Gasteiger partial charge in [0.1, 0.15) is 18.3 Å². The van der Waals surface area contributed by atoms with Crippen LogP contribution in [0.25, 0.3) is 16.4 Å². The van der Waals surface area contributed by atoms with Gasteiger partial charge in [-0.15, -0.1) is 0 Å². The summed E-state index contributed by atoms with van der Waals surface area (Å²) in [5.41, 5.74) is 36.7. The molecule has 7 heterocycles. The number of imidazole rings is 1. The number of rotatable bonds is 26. The first-order valence-electron chi connectivity index (χ1n) is 30.5. The second-order valence-corrected chi connectivity index (χ2v) is 28.3. The van der Waals surface area contributed by atoms with Gasteiger partial charge in [-0.05, 0) is 119 Å². The third-order valence-electron chi connectivity index (χ3n) is 20.5. The van der Waals surface area contributed by atoms with E-state index in [1.165, 1.54) is 17.8 Å². The first-order valence-corrected chi connectivity index (χ1v) is 32.0. The van der Waals surface area contributed by atoms with E-state index >= 15 is 0 Å². The summed E-state index contributed by atoms with van der Waals surface area (Å²) in [5, 5.41) is 30.1. The molecule has 0 saturated carbocycles. The van der Waals surface area contributed by atoms with Crippen molar-refractivity contribution in [1.29, 1.82) is 0 Å². The number of carbonyl (C=O) groups excluding carboxylic acids is 7. The van der Waals surface area contributed by atoms with E-state index < -0.39 is 143 Å². The summed E-state index contributed by atoms with van der Waals surface area (Å²) in [6.07, 6.45) is -4.79. The zero-order valence-corrected chi connectivity index (χ0v) is 56.4. The normalized spacial score (nSPS) is 33.5. The topological polar surface area (TPSA) is 465 Å². The van der Waals surface area contributed by atoms with Gasteiger partial charge < -0.3 is 85.9 Å². The van der Waals surface area contributed by atoms with Crippen molar-refractivity contribution >= 4 is 77.3 Å². The Balaban J connectivity index is 0.00000672. The number of nitrogens with one attached hydrogen (secondary N) is 1. The number of hydrogen-bond acceptors (Lipinski definition) is 18. The molecule has 2 saturated heterocycles. The number of aliphatic imine (C=N–C) groups is 3. The van der Waals surface area contributed by atoms with Gasteiger partial charge in [0.15, 0.2) is 6.23 Å². The number of primary amides is 6. The van der Waals surface area contributed by atoms with Crippen molar-refractivity contribution in [3.63, 3.8) is 0 Å². The number of allylic oxidation sites excluding steroid dienone is 6. The van der Waals surface area contributed by atoms with Crippen LogP contribution in [0.1, 0.15) is 150 Å². The number of amides is 7. The molecule has 0 radical (unpaired) electrons. The molecular formula is C63H91CoN13O14P. The maximum Gasteiger partial charge on any atom is 3.00 e. The number of aliphatic hydroxyl groups excluding tert-OH is 2. The van der Waals surface area contributed by atoms with Crippen LogP contribution in [-0.2, 0) is 68.7 Å². The second-order valence-electron chi connectivity index (χ2n) is 27.0. The molecule has 2 aromatic rings. The average Bonchev–Trinajstić information content (AvgIpc) is 1.53. The predicted molar refractivity (Wildman–Crippen MR) is 338 cm³/mol. The number of nitrogens with zero attached hydrogens (tertiary/aromatic N) is 6. The molecule has 2 unspecified atom stereocenters. The summed E-state index contributed by atoms with van der Waals surface area (Å²) in [6.45, 7) is 19.0. The van der Waals surface area contributed by atoms with E-state index in [0.29, 0.717) is 56.4 Å². The van der Waals surface area contributed by atoms with Crippen molar-refractivity contribution in [2.24, 2.45) is 94.7 Å². The quantitative estimate of drug-likeness (QED) is 0.0478. The summed E-state index contributed by atoms with van der Waals surface area (Å²) in [4.78, 5) is 128. The number of ether oxygens (including phenoxy) is 1. The molecule has 6 aliphatic heterocycles. The fourth-order valence-electron chi connectivity index (χ4n) is 15.3. The molecule has 0 spiro atoms. The Morgan fingerprint density at radius 1 is 0.793 bits per heavy atom. The SMILES string of the molecule is C/C1=C2/[N-][C@H]([C@H](CC(N)=O)[C@@]2(C)CCC(=O)NC[C@H](C)OP(=O)([O-])O[C@@H]2[C@@H](CO)OC(n3cnc4cc(C)c(C)cc43)[C@@H]2O)[C@]2(C)N=C(/C(C)=C3N=C(/C=C4N=C1[C@@H](CCC(N)=O)C\4(C)C)[C@@H](CCC(N)=O)[C@]\3(C)CC(N)=O)[C@@H](CCC(N)=O)[C@]2(C)CC(N)=O.[CH3-].[Co+3]. The molecule has 29 heteroatoms. The molecule has 8 bridgehead atoms. The van der Waals surface area contributed by atoms with Crippen LogP contribution in [0.3, 0.4) is 0 Å². The Labute approximate surface area is 547 Å². The molecule has 1 aromatic carbocycles. The molecule has 15 atom stereocenters. The monoisotopic (exact) mass is 1340 g/mol. The largest absolute Gasteiger partial charge is 3.00 e. The van der Waals surface area contributed by atoms with Gasteiger partial charge in [0.25, 0.3) is 7.82 Å². The zero-order valence-electron chi connectivity index (χ0n) is 54.5. The number of aryl methyl sites for hydroxylation is 2. The second kappa shape index (κ2) is 27.8. The Kier molecular flexibility index (Phi) is 22.6. The van der Waals surface area contributed by atoms with E-state index in [2.05, 4.69) is 10.3 Å². The minimum absolute atomic E-state index is 0. The Morgan fingerprint density at radius 3 is 1.96 bits per heavy atom. The van der Waals surface area contributed by atoms with Crippen LogP contribution < -0.4 is 44.6 Å². The zero-order chi connectivity index (χ0) is 66.7. The van der Waals surface area contributed by atoms with E-state index in [-0.39, 0.29) is 101 Å². The standard InChI is InChI=1S/C62H90N13O14P.CH3.Co/c1-29-20-39-40(21-30(29)2)75(28-70-39)57-52(84)53(41(27-76)87-57)89-90(85,86)88-31(3)26-69-49(83)18-19-59(8)37(22-46(66)80)56-62(11)61(10,25-48(68)82)36(14-17-45(65)79)51(74-62)33(5)55-60(9,24-47(67)81)34(12-15-43(63)77)38(71-55)23-42-58(6,7)35(13-16-44(64)78)50(72-42)32(4)54(59)73-56;;/h20-21,23,28,31,34-37,41,52-53,56-57,76,84H,12-19,22,24-27H2,1-11H3,(H15,63,64,65,66,67,68,69,71,72,73,74,77,78,79,80,81,82,83,85,86);1H3;/q;-1;+3/p-2/t31-,34+,35+,36+,37-,41+,52+,53+,56+,57?,59+,60-,61-,62-;;/m0../s1. The van der Waals surface area contributed by atoms with Crippen molar-refractivity contribution in [3.8, 4) is 0 Å². The summed E-state index contributed by atoms with van der Waals surface area (Å²) in [5.74, 6) is -7.40. The summed E-state index contributed by atoms with van der Waals surface area (Å²) >= 11 is 0. The summed E-state index contributed by atoms with van der Waals surface area (Å²) in [7, 11) is -5.32. The summed E-state index contributed by atoms with van der Waals surface area (Å²) in [6, 6.07) is 2.65. The van der Waals surface area contributed by atoms with E-state index in [9.17, 15) is 53.2 Å². The van der Waals surface area contributed by atoms with Crippen LogP contribution in [0, 0.1) is 66.6 Å². The maximum absolute atomic E-state index is 14.4. The molecular weight excluding hydrogens is 1250 g/mol. The Morgan fingerprint density at radius 2 is 1.38 bits per heavy atom. The van der Waals surface area contributed by atoms with Crippen molar-refractivity contribution in [2.45, 2.75) is 189 Å². The average molecular weight is 1340 g/mol. The molecule has 6 aliphatic rings. The van der Waals surface area contributed by atoms with Crippen LogP contribution in [0.15, 0.2) is 67.8 Å². The molecule has 8 rings (SSSR count). The molecule has 15 N–H and O–H groups in total. The van der Waals surface area contributed by atoms with E-state index in [1.54, 1.807) is 6.92 Å². The molecule has 92 heavy (non-hydrogen) atoms. The Bertz CT molecular complexity index is 3540. The van der Waals surface area contributed by atoms with Gasteiger partial charge in [-0.3, -0.25) is 53.1 Å². The number of aromatic nitrogens is 2. The minimum Gasteiger partial charge on any atom is -0.756 e. The number of aliphatic hydroxyl groups is 2. The van der Waals surface area contributed by atoms with Gasteiger partial charge in [0, 0.05) is 108 Å². The number of fused-ring (bicyclic) bond motifs is 7. The van der Waals surface area contributed by atoms with E-state index in [4.69, 9.17) is 68.5 Å². The molecule has 506 valence electrons. The maximum atomic E-state index is 14.4. The van der Waals surface area contributed by atoms with Gasteiger partial charge in [-0.1, -0.05) is 40.7 Å². The van der Waals surface area contributed by atoms with Crippen LogP contribution >= 0.6 is 7.82 Å². The van der Waals surface area contributed by atoms with Crippen LogP contribution in [-0.4, -0.2) is 127 Å². The van der Waals surface area contributed by atoms with Crippen molar-refractivity contribution < 1.29 is 83.8 Å². The molecule has 0 aliphatic carbocycles. The fraction of sp³-hybridized carbons (Fsp3) is 0.619. The number of phosphoric ester groups is 1. The van der Waals surface area contributed by atoms with Crippen molar-refractivity contribution in [1.82, 2.24) is 14.9 Å². The van der Waals surface area contributed by atoms with E-state index in [0.717, 1.165) is 11.1 Å². The summed E-state index contributed by atoms with van der Waals surface area (Å²) < 4.78 is 31.9. The van der Waals surface area contributed by atoms with Gasteiger partial charge >= 0.3 is 16.8 Å². The number of nitrogens with two attached hydrogens (primary N) is 6. The first-order chi connectivity index (χ1) is 41.8. The van der Waals surface area contributed by atoms with E-state index in [1.807, 2.05) is 80.5 Å². The molecule has 27 nitrogen and oxygen atoms in total. The van der Waals surface area contributed by atoms with Gasteiger partial charge in [-0.2, -0.15) is 5.70 Å². The smallest absolute Gasteiger partial charge is 0.756 e. The van der Waals surface area contributed by atoms with Crippen LogP contribution in [0.4, 0.5) is 0 Å². The number of carbonyl (C=O) groups is 7. The molecule has 1 aromatic heterocycles. The van der Waals surface area contributed by atoms with Gasteiger partial charge in [-0.25, -0.2) is 4.98 Å². The molecule has 2 fully saturated rings. The van der Waals surface area contributed by atoms with Crippen molar-refractivity contribution in [2.75, 3.05) is 13.2 Å². The predicted octanol–water partition coefficient (Wildman–Crippen LogP) is 3.76.